The molecule has 0 amide bonds. The van der Waals surface area contributed by atoms with Crippen molar-refractivity contribution in [3.63, 3.8) is 0 Å². The molecule has 2 unspecified atom stereocenters. The largest absolute Gasteiger partial charge is 0.378 e. The van der Waals surface area contributed by atoms with Crippen LogP contribution in [0.15, 0.2) is 4.99 Å². The minimum atomic E-state index is -0.0973. The van der Waals surface area contributed by atoms with E-state index in [2.05, 4.69) is 48.5 Å². The van der Waals surface area contributed by atoms with Crippen LogP contribution in [-0.4, -0.2) is 46.0 Å². The second kappa shape index (κ2) is 7.72. The van der Waals surface area contributed by atoms with Crippen molar-refractivity contribution in [1.82, 2.24) is 25.4 Å². The van der Waals surface area contributed by atoms with Gasteiger partial charge in [-0.05, 0) is 26.7 Å². The van der Waals surface area contributed by atoms with Crippen LogP contribution in [0.25, 0.3) is 0 Å². The number of hydrogen-bond acceptors (Lipinski definition) is 4. The van der Waals surface area contributed by atoms with Crippen molar-refractivity contribution in [3.8, 4) is 0 Å². The average Bonchev–Trinajstić information content (AvgIpc) is 2.90. The van der Waals surface area contributed by atoms with Gasteiger partial charge in [-0.15, -0.1) is 10.2 Å². The second-order valence-corrected chi connectivity index (χ2v) is 7.73. The third-order valence-electron chi connectivity index (χ3n) is 5.97. The molecule has 0 spiro atoms. The fourth-order valence-electron chi connectivity index (χ4n) is 3.16. The minimum Gasteiger partial charge on any atom is -0.378 e. The van der Waals surface area contributed by atoms with Gasteiger partial charge in [0.05, 0.1) is 5.60 Å². The smallest absolute Gasteiger partial charge is 0.191 e. The number of guanidine groups is 1. The molecule has 2 rings (SSSR count). The number of aryl methyl sites for hydroxylation is 1. The van der Waals surface area contributed by atoms with Crippen LogP contribution in [0, 0.1) is 12.3 Å². The Morgan fingerprint density at radius 3 is 2.60 bits per heavy atom. The molecule has 7 heteroatoms. The quantitative estimate of drug-likeness (QED) is 0.448. The van der Waals surface area contributed by atoms with E-state index < -0.39 is 0 Å². The molecule has 0 bridgehead atoms. The summed E-state index contributed by atoms with van der Waals surface area (Å²) in [5, 5.41) is 15.3. The van der Waals surface area contributed by atoms with E-state index in [4.69, 9.17) is 9.73 Å². The first-order chi connectivity index (χ1) is 11.7. The number of nitrogens with one attached hydrogen (secondary N) is 2. The predicted molar refractivity (Wildman–Crippen MR) is 101 cm³/mol. The van der Waals surface area contributed by atoms with Crippen LogP contribution >= 0.6 is 0 Å². The van der Waals surface area contributed by atoms with Gasteiger partial charge in [-0.2, -0.15) is 0 Å². The van der Waals surface area contributed by atoms with Crippen molar-refractivity contribution in [3.05, 3.63) is 11.6 Å². The molecule has 142 valence electrons. The molecule has 0 aromatic carbocycles. The Morgan fingerprint density at radius 2 is 2.08 bits per heavy atom. The molecule has 7 nitrogen and oxygen atoms in total. The molecule has 1 aromatic rings. The molecule has 1 saturated carbocycles. The summed E-state index contributed by atoms with van der Waals surface area (Å²) in [6, 6.07) is 0.326. The maximum atomic E-state index is 5.73. The van der Waals surface area contributed by atoms with Crippen molar-refractivity contribution >= 4 is 5.96 Å². The Bertz CT molecular complexity index is 609. The van der Waals surface area contributed by atoms with Gasteiger partial charge in [0.1, 0.15) is 12.4 Å². The number of rotatable bonds is 7. The topological polar surface area (TPSA) is 76.4 Å². The zero-order valence-corrected chi connectivity index (χ0v) is 16.8. The van der Waals surface area contributed by atoms with Crippen LogP contribution in [0.2, 0.25) is 0 Å². The van der Waals surface area contributed by atoms with E-state index in [9.17, 15) is 0 Å². The van der Waals surface area contributed by atoms with E-state index in [0.29, 0.717) is 12.6 Å². The first-order valence-corrected chi connectivity index (χ1v) is 9.20. The lowest BCUT2D eigenvalue weighted by Gasteiger charge is -2.59. The third kappa shape index (κ3) is 3.97. The number of aliphatic imine (C=N–C) groups is 1. The summed E-state index contributed by atoms with van der Waals surface area (Å²) in [5.74, 6) is 2.60. The molecule has 0 radical (unpaired) electrons. The summed E-state index contributed by atoms with van der Waals surface area (Å²) in [7, 11) is 3.76. The summed E-state index contributed by atoms with van der Waals surface area (Å²) in [6.07, 6.45) is 3.24. The number of hydrogen-bond donors (Lipinski definition) is 2. The lowest BCUT2D eigenvalue weighted by atomic mass is 9.56. The van der Waals surface area contributed by atoms with Gasteiger partial charge in [-0.25, -0.2) is 4.99 Å². The first-order valence-electron chi connectivity index (χ1n) is 9.20. The minimum absolute atomic E-state index is 0.0380. The van der Waals surface area contributed by atoms with Crippen molar-refractivity contribution in [1.29, 1.82) is 0 Å². The lowest BCUT2D eigenvalue weighted by Crippen LogP contribution is -2.69. The highest BCUT2D eigenvalue weighted by Gasteiger charge is 2.58. The van der Waals surface area contributed by atoms with Gasteiger partial charge in [0.15, 0.2) is 11.8 Å². The monoisotopic (exact) mass is 350 g/mol. The van der Waals surface area contributed by atoms with Crippen LogP contribution in [-0.2, 0) is 18.3 Å². The maximum absolute atomic E-state index is 5.73. The van der Waals surface area contributed by atoms with Gasteiger partial charge in [-0.3, -0.25) is 0 Å². The zero-order chi connectivity index (χ0) is 18.7. The SMILES string of the molecule is CCCCNC(=NCc1nnc(C)n1C)NC1CC(C)(OC)C1(C)C. The Morgan fingerprint density at radius 1 is 1.36 bits per heavy atom. The number of nitrogens with zero attached hydrogens (tertiary/aromatic N) is 4. The molecule has 1 heterocycles. The Balaban J connectivity index is 2.06. The van der Waals surface area contributed by atoms with Crippen LogP contribution in [0.5, 0.6) is 0 Å². The first kappa shape index (κ1) is 19.7. The highest BCUT2D eigenvalue weighted by molar-refractivity contribution is 5.80. The van der Waals surface area contributed by atoms with Gasteiger partial charge in [-0.1, -0.05) is 27.2 Å². The predicted octanol–water partition coefficient (Wildman–Crippen LogP) is 2.16. The fourth-order valence-corrected chi connectivity index (χ4v) is 3.16. The summed E-state index contributed by atoms with van der Waals surface area (Å²) in [5.41, 5.74) is -0.0593. The molecule has 2 N–H and O–H groups in total. The molecular formula is C18H34N6O. The van der Waals surface area contributed by atoms with Crippen molar-refractivity contribution < 1.29 is 4.74 Å². The summed E-state index contributed by atoms with van der Waals surface area (Å²) >= 11 is 0. The van der Waals surface area contributed by atoms with E-state index in [0.717, 1.165) is 43.4 Å². The Labute approximate surface area is 151 Å². The molecule has 1 aromatic heterocycles. The number of ether oxygens (including phenoxy) is 1. The number of methoxy groups -OCH3 is 1. The van der Waals surface area contributed by atoms with Gasteiger partial charge >= 0.3 is 0 Å². The molecule has 25 heavy (non-hydrogen) atoms. The van der Waals surface area contributed by atoms with Crippen molar-refractivity contribution in [2.75, 3.05) is 13.7 Å². The van der Waals surface area contributed by atoms with E-state index >= 15 is 0 Å². The summed E-state index contributed by atoms with van der Waals surface area (Å²) in [6.45, 7) is 12.2. The van der Waals surface area contributed by atoms with Crippen LogP contribution in [0.1, 0.15) is 58.6 Å². The molecule has 0 aliphatic heterocycles. The average molecular weight is 351 g/mol. The van der Waals surface area contributed by atoms with Gasteiger partial charge in [0.2, 0.25) is 0 Å². The van der Waals surface area contributed by atoms with Crippen LogP contribution in [0.4, 0.5) is 0 Å². The molecule has 1 aliphatic rings. The second-order valence-electron chi connectivity index (χ2n) is 7.73. The zero-order valence-electron chi connectivity index (χ0n) is 16.8. The third-order valence-corrected chi connectivity index (χ3v) is 5.97. The van der Waals surface area contributed by atoms with Gasteiger partial charge < -0.3 is 19.9 Å². The number of aromatic nitrogens is 3. The number of unbranched alkanes of at least 4 members (excludes halogenated alkanes) is 1. The lowest BCUT2D eigenvalue weighted by molar-refractivity contribution is -0.176. The fraction of sp³-hybridized carbons (Fsp3) is 0.833. The van der Waals surface area contributed by atoms with E-state index in [-0.39, 0.29) is 11.0 Å². The van der Waals surface area contributed by atoms with Crippen LogP contribution < -0.4 is 10.6 Å². The van der Waals surface area contributed by atoms with Crippen molar-refractivity contribution in [2.45, 2.75) is 72.1 Å². The van der Waals surface area contributed by atoms with E-state index in [1.807, 2.05) is 18.5 Å². The van der Waals surface area contributed by atoms with Crippen molar-refractivity contribution in [2.24, 2.45) is 17.5 Å². The Hall–Kier alpha value is -1.63. The summed E-state index contributed by atoms with van der Waals surface area (Å²) in [4.78, 5) is 4.73. The standard InChI is InChI=1S/C18H34N6O/c1-8-9-10-19-16(20-12-15-23-22-13(2)24(15)6)21-14-11-18(5,25-7)17(14,3)4/h14H,8-12H2,1-7H3,(H2,19,20,21). The van der Waals surface area contributed by atoms with Crippen LogP contribution in [0.3, 0.4) is 0 Å². The molecule has 0 saturated heterocycles. The van der Waals surface area contributed by atoms with E-state index in [1.165, 1.54) is 0 Å². The molecule has 2 atom stereocenters. The summed E-state index contributed by atoms with van der Waals surface area (Å²) < 4.78 is 7.70. The highest BCUT2D eigenvalue weighted by Crippen LogP contribution is 2.51. The Kier molecular flexibility index (Phi) is 6.08. The normalized spacial score (nSPS) is 25.6. The van der Waals surface area contributed by atoms with E-state index in [1.54, 1.807) is 7.11 Å². The molecular weight excluding hydrogens is 316 g/mol. The van der Waals surface area contributed by atoms with Gasteiger partial charge in [0, 0.05) is 32.2 Å². The maximum Gasteiger partial charge on any atom is 0.191 e. The van der Waals surface area contributed by atoms with Gasteiger partial charge in [0.25, 0.3) is 0 Å². The molecule has 1 fully saturated rings. The highest BCUT2D eigenvalue weighted by atomic mass is 16.5. The molecule has 1 aliphatic carbocycles.